The van der Waals surface area contributed by atoms with Gasteiger partial charge in [0, 0.05) is 31.3 Å². The number of nitrogens with one attached hydrogen (secondary N) is 1. The smallest absolute Gasteiger partial charge is 0.335 e. The summed E-state index contributed by atoms with van der Waals surface area (Å²) in [5.41, 5.74) is 5.57. The van der Waals surface area contributed by atoms with E-state index in [1.807, 2.05) is 26.0 Å². The van der Waals surface area contributed by atoms with Gasteiger partial charge in [-0.2, -0.15) is 0 Å². The van der Waals surface area contributed by atoms with E-state index in [1.54, 1.807) is 19.2 Å². The Morgan fingerprint density at radius 2 is 2.03 bits per heavy atom. The van der Waals surface area contributed by atoms with Gasteiger partial charge in [-0.05, 0) is 62.9 Å². The highest BCUT2D eigenvalue weighted by Gasteiger charge is 2.31. The summed E-state index contributed by atoms with van der Waals surface area (Å²) in [6, 6.07) is 9.40. The molecule has 0 aliphatic carbocycles. The molecule has 0 unspecified atom stereocenters. The van der Waals surface area contributed by atoms with Crippen LogP contribution in [0.1, 0.15) is 58.7 Å². The zero-order valence-electron chi connectivity index (χ0n) is 19.1. The summed E-state index contributed by atoms with van der Waals surface area (Å²) in [5, 5.41) is 9.27. The molecule has 3 aromatic rings. The van der Waals surface area contributed by atoms with E-state index in [-0.39, 0.29) is 12.1 Å². The summed E-state index contributed by atoms with van der Waals surface area (Å²) in [5.74, 6) is 0.812. The number of aromatic nitrogens is 2. The van der Waals surface area contributed by atoms with E-state index in [0.29, 0.717) is 18.7 Å². The van der Waals surface area contributed by atoms with Crippen LogP contribution in [-0.4, -0.2) is 52.3 Å². The zero-order valence-corrected chi connectivity index (χ0v) is 19.1. The first kappa shape index (κ1) is 22.3. The van der Waals surface area contributed by atoms with Crippen LogP contribution in [0.2, 0.25) is 0 Å². The number of hydrogen-bond donors (Lipinski definition) is 2. The number of rotatable bonds is 7. The summed E-state index contributed by atoms with van der Waals surface area (Å²) in [7, 11) is 1.70. The van der Waals surface area contributed by atoms with Gasteiger partial charge < -0.3 is 19.6 Å². The van der Waals surface area contributed by atoms with Crippen molar-refractivity contribution in [3.63, 3.8) is 0 Å². The van der Waals surface area contributed by atoms with Crippen molar-refractivity contribution < 1.29 is 19.4 Å². The van der Waals surface area contributed by atoms with Crippen LogP contribution >= 0.6 is 0 Å². The molecule has 0 saturated carbocycles. The monoisotopic (exact) mass is 437 g/mol. The average Bonchev–Trinajstić information content (AvgIpc) is 3.19. The van der Waals surface area contributed by atoms with Crippen molar-refractivity contribution in [3.8, 4) is 5.75 Å². The van der Waals surface area contributed by atoms with Gasteiger partial charge in [0.1, 0.15) is 11.6 Å². The first-order valence-corrected chi connectivity index (χ1v) is 11.1. The number of imidazole rings is 1. The van der Waals surface area contributed by atoms with Crippen LogP contribution in [0, 0.1) is 13.8 Å². The molecule has 32 heavy (non-hydrogen) atoms. The highest BCUT2D eigenvalue weighted by atomic mass is 16.5. The van der Waals surface area contributed by atoms with Crippen LogP contribution in [0.15, 0.2) is 30.3 Å². The maximum absolute atomic E-state index is 11.3. The molecule has 1 aliphatic rings. The van der Waals surface area contributed by atoms with E-state index in [2.05, 4.69) is 22.9 Å². The Morgan fingerprint density at radius 1 is 1.28 bits per heavy atom. The average molecular weight is 438 g/mol. The molecule has 2 heterocycles. The molecule has 0 spiro atoms. The largest absolute Gasteiger partial charge is 0.496 e. The Morgan fingerprint density at radius 3 is 2.69 bits per heavy atom. The lowest BCUT2D eigenvalue weighted by Crippen LogP contribution is -2.39. The Labute approximate surface area is 188 Å². The molecular weight excluding hydrogens is 406 g/mol. The van der Waals surface area contributed by atoms with Crippen molar-refractivity contribution in [1.82, 2.24) is 14.9 Å². The molecule has 1 aromatic heterocycles. The lowest BCUT2D eigenvalue weighted by Gasteiger charge is -2.40. The topological polar surface area (TPSA) is 87.7 Å². The molecule has 7 heteroatoms. The third-order valence-electron chi connectivity index (χ3n) is 6.34. The third-order valence-corrected chi connectivity index (χ3v) is 6.34. The number of carboxylic acids is 1. The molecule has 1 aliphatic heterocycles. The van der Waals surface area contributed by atoms with E-state index in [1.165, 1.54) is 0 Å². The minimum Gasteiger partial charge on any atom is -0.496 e. The maximum Gasteiger partial charge on any atom is 0.335 e. The first-order valence-electron chi connectivity index (χ1n) is 11.1. The second-order valence-electron chi connectivity index (χ2n) is 8.44. The summed E-state index contributed by atoms with van der Waals surface area (Å²) in [6.07, 6.45) is 2.00. The molecule has 170 valence electrons. The van der Waals surface area contributed by atoms with Crippen molar-refractivity contribution >= 4 is 17.0 Å². The maximum atomic E-state index is 11.3. The van der Waals surface area contributed by atoms with Gasteiger partial charge in [-0.3, -0.25) is 4.90 Å². The number of aromatic amines is 1. The quantitative estimate of drug-likeness (QED) is 0.560. The molecule has 1 saturated heterocycles. The summed E-state index contributed by atoms with van der Waals surface area (Å²) < 4.78 is 11.7. The highest BCUT2D eigenvalue weighted by Crippen LogP contribution is 2.37. The third kappa shape index (κ3) is 4.36. The van der Waals surface area contributed by atoms with Crippen molar-refractivity contribution in [1.29, 1.82) is 0 Å². The number of methoxy groups -OCH3 is 1. The van der Waals surface area contributed by atoms with Gasteiger partial charge in [0.15, 0.2) is 0 Å². The second-order valence-corrected chi connectivity index (χ2v) is 8.44. The molecule has 2 N–H and O–H groups in total. The Bertz CT molecular complexity index is 1110. The number of ether oxygens (including phenoxy) is 2. The van der Waals surface area contributed by atoms with E-state index >= 15 is 0 Å². The normalized spacial score (nSPS) is 19.4. The summed E-state index contributed by atoms with van der Waals surface area (Å²) >= 11 is 0. The molecule has 0 radical (unpaired) electrons. The van der Waals surface area contributed by atoms with Crippen molar-refractivity contribution in [2.45, 2.75) is 52.3 Å². The van der Waals surface area contributed by atoms with Crippen molar-refractivity contribution in [2.75, 3.05) is 20.3 Å². The number of nitrogens with zero attached hydrogens (tertiary/aromatic N) is 2. The standard InChI is InChI=1S/C25H31N3O4/c1-5-32-19-10-11-28(21(13-19)17-6-8-18(9-7-17)25(29)30)14-20-22(31-4)12-15(2)23-24(20)27-16(3)26-23/h6-9,12,19,21H,5,10-11,13-14H2,1-4H3,(H,26,27)(H,29,30)/t19-,21-/m0/s1. The van der Waals surface area contributed by atoms with Gasteiger partial charge in [0.25, 0.3) is 0 Å². The van der Waals surface area contributed by atoms with E-state index in [0.717, 1.165) is 58.7 Å². The van der Waals surface area contributed by atoms with Crippen LogP contribution in [-0.2, 0) is 11.3 Å². The van der Waals surface area contributed by atoms with E-state index in [9.17, 15) is 9.90 Å². The van der Waals surface area contributed by atoms with Crippen molar-refractivity contribution in [2.24, 2.45) is 0 Å². The number of fused-ring (bicyclic) bond motifs is 1. The number of H-pyrrole nitrogens is 1. The SMILES string of the molecule is CCO[C@H]1CCN(Cc2c(OC)cc(C)c3[nH]c(C)nc23)[C@H](c2ccc(C(=O)O)cc2)C1. The molecular formula is C25H31N3O4. The lowest BCUT2D eigenvalue weighted by atomic mass is 9.91. The van der Waals surface area contributed by atoms with Gasteiger partial charge in [-0.25, -0.2) is 9.78 Å². The van der Waals surface area contributed by atoms with Crippen LogP contribution < -0.4 is 4.74 Å². The highest BCUT2D eigenvalue weighted by molar-refractivity contribution is 5.87. The number of piperidine rings is 1. The molecule has 0 amide bonds. The number of benzene rings is 2. The van der Waals surface area contributed by atoms with Gasteiger partial charge in [-0.15, -0.1) is 0 Å². The second kappa shape index (κ2) is 9.30. The first-order chi connectivity index (χ1) is 15.4. The molecule has 2 atom stereocenters. The minimum atomic E-state index is -0.912. The number of aryl methyl sites for hydroxylation is 2. The van der Waals surface area contributed by atoms with E-state index < -0.39 is 5.97 Å². The number of carbonyl (C=O) groups is 1. The zero-order chi connectivity index (χ0) is 22.8. The molecule has 1 fully saturated rings. The Hall–Kier alpha value is -2.90. The van der Waals surface area contributed by atoms with Gasteiger partial charge in [-0.1, -0.05) is 12.1 Å². The number of carboxylic acid groups (broad SMARTS) is 1. The fourth-order valence-electron chi connectivity index (χ4n) is 4.76. The summed E-state index contributed by atoms with van der Waals surface area (Å²) in [4.78, 5) is 21.9. The number of likely N-dealkylation sites (tertiary alicyclic amines) is 1. The predicted octanol–water partition coefficient (Wildman–Crippen LogP) is 4.63. The van der Waals surface area contributed by atoms with Crippen LogP contribution in [0.25, 0.3) is 11.0 Å². The minimum absolute atomic E-state index is 0.115. The molecule has 2 aromatic carbocycles. The van der Waals surface area contributed by atoms with Crippen LogP contribution in [0.5, 0.6) is 5.75 Å². The summed E-state index contributed by atoms with van der Waals surface area (Å²) in [6.45, 7) is 8.31. The van der Waals surface area contributed by atoms with Crippen LogP contribution in [0.3, 0.4) is 0 Å². The van der Waals surface area contributed by atoms with Gasteiger partial charge in [0.2, 0.25) is 0 Å². The van der Waals surface area contributed by atoms with Crippen molar-refractivity contribution in [3.05, 3.63) is 58.4 Å². The number of aromatic carboxylic acids is 1. The number of hydrogen-bond acceptors (Lipinski definition) is 5. The van der Waals surface area contributed by atoms with E-state index in [4.69, 9.17) is 14.5 Å². The fraction of sp³-hybridized carbons (Fsp3) is 0.440. The van der Waals surface area contributed by atoms with Gasteiger partial charge >= 0.3 is 5.97 Å². The van der Waals surface area contributed by atoms with Crippen LogP contribution in [0.4, 0.5) is 0 Å². The molecule has 7 nitrogen and oxygen atoms in total. The van der Waals surface area contributed by atoms with Gasteiger partial charge in [0.05, 0.1) is 29.8 Å². The molecule has 0 bridgehead atoms. The fourth-order valence-corrected chi connectivity index (χ4v) is 4.76. The predicted molar refractivity (Wildman–Crippen MR) is 123 cm³/mol. The lowest BCUT2D eigenvalue weighted by molar-refractivity contribution is -0.0138. The molecule has 4 rings (SSSR count). The Balaban J connectivity index is 1.71. The Kier molecular flexibility index (Phi) is 6.48.